The maximum atomic E-state index is 12.7. The van der Waals surface area contributed by atoms with Gasteiger partial charge < -0.3 is 14.5 Å². The summed E-state index contributed by atoms with van der Waals surface area (Å²) in [6, 6.07) is 7.48. The topological polar surface area (TPSA) is 45.7 Å². The molecule has 0 aliphatic carbocycles. The molecule has 5 nitrogen and oxygen atoms in total. The molecule has 1 aliphatic rings. The molecule has 0 spiro atoms. The number of carbonyl (C=O) groups is 1. The highest BCUT2D eigenvalue weighted by Crippen LogP contribution is 2.36. The average Bonchev–Trinajstić information content (AvgIpc) is 3.14. The van der Waals surface area contributed by atoms with E-state index in [9.17, 15) is 18.0 Å². The van der Waals surface area contributed by atoms with E-state index < -0.39 is 17.2 Å². The third-order valence-electron chi connectivity index (χ3n) is 4.38. The van der Waals surface area contributed by atoms with Gasteiger partial charge in [-0.1, -0.05) is 29.5 Å². The van der Waals surface area contributed by atoms with Crippen LogP contribution in [0.5, 0.6) is 5.75 Å². The Morgan fingerprint density at radius 1 is 1.22 bits per heavy atom. The zero-order valence-electron chi connectivity index (χ0n) is 15.0. The number of benzene rings is 1. The molecule has 2 heterocycles. The fourth-order valence-electron chi connectivity index (χ4n) is 2.85. The molecule has 3 rings (SSSR count). The molecule has 1 atom stereocenters. The molecule has 0 saturated carbocycles. The van der Waals surface area contributed by atoms with Crippen molar-refractivity contribution in [2.24, 2.45) is 0 Å². The number of thiazole rings is 1. The van der Waals surface area contributed by atoms with Crippen molar-refractivity contribution < 1.29 is 22.7 Å². The van der Waals surface area contributed by atoms with Crippen molar-refractivity contribution in [2.75, 3.05) is 31.1 Å². The van der Waals surface area contributed by atoms with Crippen LogP contribution in [0.15, 0.2) is 30.5 Å². The minimum atomic E-state index is -4.38. The van der Waals surface area contributed by atoms with E-state index in [1.807, 2.05) is 31.2 Å². The van der Waals surface area contributed by atoms with Gasteiger partial charge in [-0.2, -0.15) is 13.2 Å². The molecule has 1 unspecified atom stereocenters. The van der Waals surface area contributed by atoms with Gasteiger partial charge in [-0.15, -0.1) is 0 Å². The van der Waals surface area contributed by atoms with Crippen molar-refractivity contribution in [3.63, 3.8) is 0 Å². The minimum absolute atomic E-state index is 0.131. The average molecular weight is 399 g/mol. The van der Waals surface area contributed by atoms with E-state index >= 15 is 0 Å². The lowest BCUT2D eigenvalue weighted by atomic mass is 10.2. The molecular weight excluding hydrogens is 379 g/mol. The molecule has 9 heteroatoms. The summed E-state index contributed by atoms with van der Waals surface area (Å²) in [6.07, 6.45) is -4.15. The first-order valence-corrected chi connectivity index (χ1v) is 9.36. The summed E-state index contributed by atoms with van der Waals surface area (Å²) in [7, 11) is 0. The van der Waals surface area contributed by atoms with E-state index in [0.29, 0.717) is 48.4 Å². The Bertz CT molecular complexity index is 801. The maximum Gasteiger partial charge on any atom is 0.427 e. The van der Waals surface area contributed by atoms with Crippen molar-refractivity contribution in [3.05, 3.63) is 40.9 Å². The molecule has 0 bridgehead atoms. The molecule has 1 aromatic heterocycles. The van der Waals surface area contributed by atoms with E-state index in [-0.39, 0.29) is 5.91 Å². The first-order chi connectivity index (χ1) is 12.8. The Morgan fingerprint density at radius 2 is 1.89 bits per heavy atom. The SMILES string of the molecule is Cc1ccccc1OC(C)C(=O)N1CCN(c2ncc(C(F)(F)F)s2)CC1. The first kappa shape index (κ1) is 19.5. The van der Waals surface area contributed by atoms with Crippen LogP contribution in [0.4, 0.5) is 18.3 Å². The number of anilines is 1. The normalized spacial score (nSPS) is 16.3. The van der Waals surface area contributed by atoms with Gasteiger partial charge in [0.1, 0.15) is 10.6 Å². The quantitative estimate of drug-likeness (QED) is 0.788. The molecular formula is C18H20F3N3O2S. The number of halogens is 3. The molecule has 1 aliphatic heterocycles. The number of alkyl halides is 3. The fourth-order valence-corrected chi connectivity index (χ4v) is 3.68. The number of aryl methyl sites for hydroxylation is 1. The minimum Gasteiger partial charge on any atom is -0.481 e. The highest BCUT2D eigenvalue weighted by molar-refractivity contribution is 7.15. The number of nitrogens with zero attached hydrogens (tertiary/aromatic N) is 3. The number of piperazine rings is 1. The van der Waals surface area contributed by atoms with Gasteiger partial charge in [0, 0.05) is 26.2 Å². The highest BCUT2D eigenvalue weighted by atomic mass is 32.1. The van der Waals surface area contributed by atoms with E-state index in [1.165, 1.54) is 0 Å². The van der Waals surface area contributed by atoms with Crippen molar-refractivity contribution >= 4 is 22.4 Å². The molecule has 2 aromatic rings. The van der Waals surface area contributed by atoms with E-state index in [1.54, 1.807) is 16.7 Å². The highest BCUT2D eigenvalue weighted by Gasteiger charge is 2.34. The lowest BCUT2D eigenvalue weighted by molar-refractivity contribution is -0.138. The van der Waals surface area contributed by atoms with Crippen molar-refractivity contribution in [2.45, 2.75) is 26.1 Å². The van der Waals surface area contributed by atoms with Gasteiger partial charge in [0.15, 0.2) is 11.2 Å². The van der Waals surface area contributed by atoms with Gasteiger partial charge in [-0.3, -0.25) is 4.79 Å². The summed E-state index contributed by atoms with van der Waals surface area (Å²) in [5, 5.41) is 0.332. The predicted octanol–water partition coefficient (Wildman–Crippen LogP) is 3.59. The molecule has 27 heavy (non-hydrogen) atoms. The zero-order chi connectivity index (χ0) is 19.6. The number of ether oxygens (including phenoxy) is 1. The lowest BCUT2D eigenvalue weighted by Gasteiger charge is -2.35. The zero-order valence-corrected chi connectivity index (χ0v) is 15.8. The van der Waals surface area contributed by atoms with Gasteiger partial charge >= 0.3 is 6.18 Å². The van der Waals surface area contributed by atoms with E-state index in [0.717, 1.165) is 11.8 Å². The Morgan fingerprint density at radius 3 is 2.48 bits per heavy atom. The summed E-state index contributed by atoms with van der Waals surface area (Å²) in [6.45, 7) is 5.33. The number of carbonyl (C=O) groups excluding carboxylic acids is 1. The van der Waals surface area contributed by atoms with Crippen LogP contribution in [0, 0.1) is 6.92 Å². The second kappa shape index (κ2) is 7.75. The van der Waals surface area contributed by atoms with Crippen LogP contribution >= 0.6 is 11.3 Å². The fraction of sp³-hybridized carbons (Fsp3) is 0.444. The van der Waals surface area contributed by atoms with Crippen LogP contribution in [0.1, 0.15) is 17.4 Å². The second-order valence-electron chi connectivity index (χ2n) is 6.34. The standard InChI is InChI=1S/C18H20F3N3O2S/c1-12-5-3-4-6-14(12)26-13(2)16(25)23-7-9-24(10-8-23)17-22-11-15(27-17)18(19,20)21/h3-6,11,13H,7-10H2,1-2H3. The summed E-state index contributed by atoms with van der Waals surface area (Å²) < 4.78 is 43.9. The molecule has 1 saturated heterocycles. The van der Waals surface area contributed by atoms with Crippen LogP contribution in [-0.4, -0.2) is 48.1 Å². The Balaban J connectivity index is 1.56. The molecule has 1 fully saturated rings. The molecule has 146 valence electrons. The monoisotopic (exact) mass is 399 g/mol. The van der Waals surface area contributed by atoms with E-state index in [2.05, 4.69) is 4.98 Å². The number of hydrogen-bond donors (Lipinski definition) is 0. The number of hydrogen-bond acceptors (Lipinski definition) is 5. The van der Waals surface area contributed by atoms with Crippen LogP contribution in [0.3, 0.4) is 0 Å². The first-order valence-electron chi connectivity index (χ1n) is 8.55. The summed E-state index contributed by atoms with van der Waals surface area (Å²) in [4.78, 5) is 19.2. The van der Waals surface area contributed by atoms with Crippen molar-refractivity contribution in [3.8, 4) is 5.75 Å². The number of para-hydroxylation sites is 1. The van der Waals surface area contributed by atoms with Gasteiger partial charge in [-0.05, 0) is 25.5 Å². The van der Waals surface area contributed by atoms with Gasteiger partial charge in [0.25, 0.3) is 5.91 Å². The van der Waals surface area contributed by atoms with Gasteiger partial charge in [0.05, 0.1) is 6.20 Å². The third kappa shape index (κ3) is 4.52. The van der Waals surface area contributed by atoms with Crippen LogP contribution in [0.2, 0.25) is 0 Å². The van der Waals surface area contributed by atoms with Gasteiger partial charge in [0.2, 0.25) is 0 Å². The maximum absolute atomic E-state index is 12.7. The number of amides is 1. The summed E-state index contributed by atoms with van der Waals surface area (Å²) in [5.41, 5.74) is 0.950. The number of aromatic nitrogens is 1. The Kier molecular flexibility index (Phi) is 5.59. The third-order valence-corrected chi connectivity index (χ3v) is 5.48. The Labute approximate surface area is 159 Å². The molecule has 0 N–H and O–H groups in total. The smallest absolute Gasteiger partial charge is 0.427 e. The second-order valence-corrected chi connectivity index (χ2v) is 7.35. The largest absolute Gasteiger partial charge is 0.481 e. The van der Waals surface area contributed by atoms with Gasteiger partial charge in [-0.25, -0.2) is 4.98 Å². The van der Waals surface area contributed by atoms with Crippen LogP contribution in [-0.2, 0) is 11.0 Å². The molecule has 0 radical (unpaired) electrons. The summed E-state index contributed by atoms with van der Waals surface area (Å²) >= 11 is 0.627. The van der Waals surface area contributed by atoms with Crippen LogP contribution in [0.25, 0.3) is 0 Å². The molecule has 1 amide bonds. The van der Waals surface area contributed by atoms with Crippen molar-refractivity contribution in [1.82, 2.24) is 9.88 Å². The predicted molar refractivity (Wildman–Crippen MR) is 97.2 cm³/mol. The number of rotatable bonds is 4. The van der Waals surface area contributed by atoms with Crippen LogP contribution < -0.4 is 9.64 Å². The van der Waals surface area contributed by atoms with Crippen molar-refractivity contribution in [1.29, 1.82) is 0 Å². The Hall–Kier alpha value is -2.29. The lowest BCUT2D eigenvalue weighted by Crippen LogP contribution is -2.52. The molecule has 1 aromatic carbocycles. The van der Waals surface area contributed by atoms with E-state index in [4.69, 9.17) is 4.74 Å². The summed E-state index contributed by atoms with van der Waals surface area (Å²) in [5.74, 6) is 0.535.